The van der Waals surface area contributed by atoms with Crippen molar-refractivity contribution >= 4 is 39.1 Å². The number of amides is 2. The van der Waals surface area contributed by atoms with Gasteiger partial charge in [-0.2, -0.15) is 0 Å². The van der Waals surface area contributed by atoms with Crippen LogP contribution in [0.15, 0.2) is 33.5 Å². The fourth-order valence-corrected chi connectivity index (χ4v) is 5.06. The van der Waals surface area contributed by atoms with Crippen LogP contribution in [0.1, 0.15) is 46.1 Å². The summed E-state index contributed by atoms with van der Waals surface area (Å²) in [6.45, 7) is 3.44. The first kappa shape index (κ1) is 20.2. The number of anilines is 1. The molecule has 3 aromatic rings. The molecule has 0 spiro atoms. The first-order valence-corrected chi connectivity index (χ1v) is 10.6. The fourth-order valence-electron chi connectivity index (χ4n) is 3.76. The molecule has 2 amide bonds. The van der Waals surface area contributed by atoms with Crippen LogP contribution in [0.5, 0.6) is 5.75 Å². The largest absolute Gasteiger partial charge is 0.481 e. The number of nitrogens with one attached hydrogen (secondary N) is 1. The maximum absolute atomic E-state index is 12.7. The molecule has 0 bridgehead atoms. The van der Waals surface area contributed by atoms with Gasteiger partial charge in [-0.15, -0.1) is 11.3 Å². The van der Waals surface area contributed by atoms with Crippen LogP contribution in [0.3, 0.4) is 0 Å². The number of benzene rings is 1. The summed E-state index contributed by atoms with van der Waals surface area (Å²) in [7, 11) is 0. The quantitative estimate of drug-likeness (QED) is 0.606. The highest BCUT2D eigenvalue weighted by molar-refractivity contribution is 7.17. The van der Waals surface area contributed by atoms with Crippen LogP contribution in [-0.4, -0.2) is 17.9 Å². The Bertz CT molecular complexity index is 1210. The number of fused-ring (bicyclic) bond motifs is 2. The van der Waals surface area contributed by atoms with Gasteiger partial charge in [0.2, 0.25) is 0 Å². The lowest BCUT2D eigenvalue weighted by Gasteiger charge is -2.15. The summed E-state index contributed by atoms with van der Waals surface area (Å²) in [6.07, 6.45) is 2.93. The molecule has 3 N–H and O–H groups in total. The summed E-state index contributed by atoms with van der Waals surface area (Å²) < 4.78 is 11.0. The Labute approximate surface area is 176 Å². The third kappa shape index (κ3) is 3.82. The first-order chi connectivity index (χ1) is 14.3. The lowest BCUT2D eigenvalue weighted by atomic mass is 9.95. The number of aryl methyl sites for hydroxylation is 2. The van der Waals surface area contributed by atoms with Gasteiger partial charge in [-0.05, 0) is 62.8 Å². The molecule has 1 aliphatic carbocycles. The molecule has 8 heteroatoms. The summed E-state index contributed by atoms with van der Waals surface area (Å²) in [6, 6.07) is 6.52. The van der Waals surface area contributed by atoms with Crippen LogP contribution in [0.25, 0.3) is 11.0 Å². The molecule has 1 atom stereocenters. The van der Waals surface area contributed by atoms with Crippen LogP contribution in [-0.2, 0) is 17.6 Å². The number of nitrogens with two attached hydrogens (primary N) is 1. The van der Waals surface area contributed by atoms with E-state index in [2.05, 4.69) is 5.32 Å². The fraction of sp³-hybridized carbons (Fsp3) is 0.318. The number of primary amides is 1. The summed E-state index contributed by atoms with van der Waals surface area (Å²) >= 11 is 1.41. The smallest absolute Gasteiger partial charge is 0.336 e. The van der Waals surface area contributed by atoms with Crippen molar-refractivity contribution < 1.29 is 18.7 Å². The highest BCUT2D eigenvalue weighted by Gasteiger charge is 2.26. The monoisotopic (exact) mass is 426 g/mol. The number of carbonyl (C=O) groups excluding carboxylic acids is 2. The molecule has 0 radical (unpaired) electrons. The highest BCUT2D eigenvalue weighted by atomic mass is 32.1. The second-order valence-corrected chi connectivity index (χ2v) is 8.54. The van der Waals surface area contributed by atoms with Gasteiger partial charge in [0.25, 0.3) is 11.8 Å². The van der Waals surface area contributed by atoms with Gasteiger partial charge < -0.3 is 20.2 Å². The minimum absolute atomic E-state index is 0.387. The van der Waals surface area contributed by atoms with Gasteiger partial charge in [-0.25, -0.2) is 4.79 Å². The minimum Gasteiger partial charge on any atom is -0.481 e. The molecule has 0 fully saturated rings. The summed E-state index contributed by atoms with van der Waals surface area (Å²) in [5.74, 6) is -0.514. The number of hydrogen-bond donors (Lipinski definition) is 2. The molecule has 2 aromatic heterocycles. The molecular formula is C22H22N2O5S. The van der Waals surface area contributed by atoms with E-state index in [4.69, 9.17) is 14.9 Å². The molecule has 0 saturated heterocycles. The maximum Gasteiger partial charge on any atom is 0.336 e. The van der Waals surface area contributed by atoms with Gasteiger partial charge in [0, 0.05) is 22.4 Å². The lowest BCUT2D eigenvalue weighted by Crippen LogP contribution is -2.30. The van der Waals surface area contributed by atoms with E-state index >= 15 is 0 Å². The van der Waals surface area contributed by atoms with E-state index in [1.807, 2.05) is 6.92 Å². The summed E-state index contributed by atoms with van der Waals surface area (Å²) in [5.41, 5.74) is 7.72. The summed E-state index contributed by atoms with van der Waals surface area (Å²) in [5, 5.41) is 4.09. The zero-order valence-electron chi connectivity index (χ0n) is 16.7. The number of thiophene rings is 1. The molecule has 0 aliphatic heterocycles. The third-order valence-electron chi connectivity index (χ3n) is 5.26. The Morgan fingerprint density at radius 3 is 2.77 bits per heavy atom. The molecular weight excluding hydrogens is 404 g/mol. The van der Waals surface area contributed by atoms with Crippen LogP contribution in [0, 0.1) is 6.92 Å². The van der Waals surface area contributed by atoms with E-state index in [0.717, 1.165) is 47.1 Å². The van der Waals surface area contributed by atoms with Gasteiger partial charge in [-0.1, -0.05) is 0 Å². The maximum atomic E-state index is 12.7. The van der Waals surface area contributed by atoms with Gasteiger partial charge in [0.1, 0.15) is 16.3 Å². The van der Waals surface area contributed by atoms with Gasteiger partial charge >= 0.3 is 5.63 Å². The Kier molecular flexibility index (Phi) is 5.34. The van der Waals surface area contributed by atoms with Crippen molar-refractivity contribution in [1.29, 1.82) is 0 Å². The Morgan fingerprint density at radius 1 is 1.23 bits per heavy atom. The lowest BCUT2D eigenvalue weighted by molar-refractivity contribution is -0.122. The number of hydrogen-bond acceptors (Lipinski definition) is 6. The van der Waals surface area contributed by atoms with Crippen molar-refractivity contribution in [2.45, 2.75) is 45.6 Å². The zero-order chi connectivity index (χ0) is 21.4. The van der Waals surface area contributed by atoms with Crippen molar-refractivity contribution in [3.63, 3.8) is 0 Å². The second kappa shape index (κ2) is 7.95. The van der Waals surface area contributed by atoms with Crippen LogP contribution < -0.4 is 21.4 Å². The third-order valence-corrected chi connectivity index (χ3v) is 6.47. The second-order valence-electron chi connectivity index (χ2n) is 7.44. The average Bonchev–Trinajstić information content (AvgIpc) is 3.05. The SMILES string of the molecule is Cc1cc(=O)oc2cc(OC(C)C(=O)Nc3sc4c(c3C(N)=O)CCCC4)ccc12. The number of rotatable bonds is 5. The van der Waals surface area contributed by atoms with E-state index in [9.17, 15) is 14.4 Å². The predicted molar refractivity (Wildman–Crippen MR) is 115 cm³/mol. The van der Waals surface area contributed by atoms with Crippen molar-refractivity contribution in [1.82, 2.24) is 0 Å². The van der Waals surface area contributed by atoms with Gasteiger partial charge in [-0.3, -0.25) is 9.59 Å². The van der Waals surface area contributed by atoms with Crippen molar-refractivity contribution in [3.8, 4) is 5.75 Å². The van der Waals surface area contributed by atoms with Crippen LogP contribution >= 0.6 is 11.3 Å². The molecule has 1 unspecified atom stereocenters. The molecule has 7 nitrogen and oxygen atoms in total. The van der Waals surface area contributed by atoms with Gasteiger partial charge in [0.15, 0.2) is 6.10 Å². The van der Waals surface area contributed by atoms with E-state index in [0.29, 0.717) is 21.9 Å². The minimum atomic E-state index is -0.834. The Hall–Kier alpha value is -3.13. The molecule has 2 heterocycles. The number of carbonyl (C=O) groups is 2. The van der Waals surface area contributed by atoms with Gasteiger partial charge in [0.05, 0.1) is 5.56 Å². The molecule has 1 aliphatic rings. The highest BCUT2D eigenvalue weighted by Crippen LogP contribution is 2.38. The molecule has 4 rings (SSSR count). The topological polar surface area (TPSA) is 112 Å². The molecule has 0 saturated carbocycles. The molecule has 156 valence electrons. The van der Waals surface area contributed by atoms with E-state index in [-0.39, 0.29) is 5.91 Å². The first-order valence-electron chi connectivity index (χ1n) is 9.80. The van der Waals surface area contributed by atoms with Crippen LogP contribution in [0.2, 0.25) is 0 Å². The average molecular weight is 426 g/mol. The van der Waals surface area contributed by atoms with E-state index in [1.54, 1.807) is 25.1 Å². The van der Waals surface area contributed by atoms with Crippen molar-refractivity contribution in [2.75, 3.05) is 5.32 Å². The Morgan fingerprint density at radius 2 is 2.00 bits per heavy atom. The van der Waals surface area contributed by atoms with Crippen molar-refractivity contribution in [3.05, 3.63) is 56.3 Å². The molecule has 30 heavy (non-hydrogen) atoms. The Balaban J connectivity index is 1.54. The molecule has 1 aromatic carbocycles. The summed E-state index contributed by atoms with van der Waals surface area (Å²) in [4.78, 5) is 37.4. The predicted octanol–water partition coefficient (Wildman–Crippen LogP) is 3.55. The van der Waals surface area contributed by atoms with E-state index in [1.165, 1.54) is 17.4 Å². The van der Waals surface area contributed by atoms with Crippen molar-refractivity contribution in [2.24, 2.45) is 5.73 Å². The zero-order valence-corrected chi connectivity index (χ0v) is 17.6. The number of ether oxygens (including phenoxy) is 1. The normalized spacial score (nSPS) is 14.2. The van der Waals surface area contributed by atoms with E-state index < -0.39 is 17.6 Å². The standard InChI is InChI=1S/C22H22N2O5S/c1-11-9-18(25)29-16-10-13(7-8-14(11)16)28-12(2)21(27)24-22-19(20(23)26)15-5-3-4-6-17(15)30-22/h7-10,12H,3-6H2,1-2H3,(H2,23,26)(H,24,27). The van der Waals surface area contributed by atoms with Crippen LogP contribution in [0.4, 0.5) is 5.00 Å².